The Kier molecular flexibility index (Phi) is 26.5. The van der Waals surface area contributed by atoms with Gasteiger partial charge in [-0.3, -0.25) is 43.3 Å². The van der Waals surface area contributed by atoms with Crippen LogP contribution in [0.3, 0.4) is 0 Å². The van der Waals surface area contributed by atoms with Gasteiger partial charge in [0, 0.05) is 61.2 Å². The number of hydrogen-bond donors (Lipinski definition) is 5. The Labute approximate surface area is 405 Å². The lowest BCUT2D eigenvalue weighted by molar-refractivity contribution is -0.148. The summed E-state index contributed by atoms with van der Waals surface area (Å²) in [7, 11) is 7.48. The fourth-order valence-corrected chi connectivity index (χ4v) is 8.87. The lowest BCUT2D eigenvalue weighted by Gasteiger charge is -2.38. The molecule has 1 aliphatic heterocycles. The summed E-state index contributed by atoms with van der Waals surface area (Å²) in [5.74, 6) is -4.03. The predicted molar refractivity (Wildman–Crippen MR) is 261 cm³/mol. The van der Waals surface area contributed by atoms with Crippen molar-refractivity contribution < 1.29 is 48.2 Å². The quantitative estimate of drug-likeness (QED) is 0.0557. The van der Waals surface area contributed by atoms with Crippen LogP contribution in [0.2, 0.25) is 0 Å². The van der Waals surface area contributed by atoms with Crippen molar-refractivity contribution in [3.8, 4) is 0 Å². The molecule has 0 aromatic carbocycles. The molecule has 1 heterocycles. The van der Waals surface area contributed by atoms with Gasteiger partial charge in [0.05, 0.1) is 18.8 Å². The predicted octanol–water partition coefficient (Wildman–Crippen LogP) is 1.66. The Morgan fingerprint density at radius 2 is 1.16 bits per heavy atom. The molecule has 1 saturated heterocycles. The summed E-state index contributed by atoms with van der Waals surface area (Å²) in [6.45, 7) is 22.7. The smallest absolute Gasteiger partial charge is 0.256 e. The standard InChI is InChI=1S/C47H87N9O10S/c1-17-19-37(57)55(16)46(67-25-18-20-56-21-23-66-24-22-56)45(64)54(15)36(28-47(10,11)65)42(61)51-38(31(6)7)44(63)53(14)35(27-30(4)5)41(60)49-32(8)39(58)50-33(9)43(62)52(13)34(26-29(2)3)40(59)48-12/h29-36,38,46,65H,17-28H2,1-16H3,(H,48,59)(H,49,60)(H,50,58)(H,51,61)/t32-,33+,34-,35-,36-,38-,46+/m0/s1. The molecule has 0 bridgehead atoms. The van der Waals surface area contributed by atoms with Crippen LogP contribution in [0.4, 0.5) is 0 Å². The number of carbonyl (C=O) groups excluding carboxylic acids is 8. The minimum Gasteiger partial charge on any atom is -0.390 e. The number of ether oxygens (including phenoxy) is 1. The topological polar surface area (TPSA) is 230 Å². The number of rotatable bonds is 28. The summed E-state index contributed by atoms with van der Waals surface area (Å²) < 4.78 is 5.45. The van der Waals surface area contributed by atoms with Gasteiger partial charge in [0.2, 0.25) is 41.4 Å². The average molecular weight is 970 g/mol. The molecule has 0 saturated carbocycles. The van der Waals surface area contributed by atoms with Gasteiger partial charge in [-0.25, -0.2) is 0 Å². The molecule has 1 fully saturated rings. The molecule has 0 aromatic rings. The second kappa shape index (κ2) is 29.1. The SMILES string of the molecule is CCCC(=O)N(C)[C@H](SCCCN1CCOCC1)C(=O)N(C)[C@@H](CC(C)(C)O)C(=O)N[C@H](C(=O)N(C)[C@@H](CC(C)C)C(=O)N[C@@H](C)C(=O)N[C@H](C)C(=O)N(C)[C@@H](CC(C)C)C(=O)NC)C(C)C. The van der Waals surface area contributed by atoms with E-state index in [4.69, 9.17) is 4.74 Å². The van der Waals surface area contributed by atoms with E-state index >= 15 is 0 Å². The molecule has 0 aromatic heterocycles. The van der Waals surface area contributed by atoms with Crippen molar-refractivity contribution in [2.24, 2.45) is 17.8 Å². The van der Waals surface area contributed by atoms with Crippen LogP contribution in [0.5, 0.6) is 0 Å². The van der Waals surface area contributed by atoms with Crippen molar-refractivity contribution in [1.82, 2.24) is 45.8 Å². The number of hydrogen-bond acceptors (Lipinski definition) is 12. The number of nitrogens with one attached hydrogen (secondary N) is 4. The molecule has 1 aliphatic rings. The van der Waals surface area contributed by atoms with Gasteiger partial charge in [0.1, 0.15) is 36.3 Å². The van der Waals surface area contributed by atoms with Gasteiger partial charge in [-0.1, -0.05) is 48.5 Å². The molecule has 7 atom stereocenters. The Bertz CT molecular complexity index is 1640. The zero-order chi connectivity index (χ0) is 51.5. The number of morpholine rings is 1. The van der Waals surface area contributed by atoms with Crippen LogP contribution >= 0.6 is 11.8 Å². The van der Waals surface area contributed by atoms with Gasteiger partial charge in [-0.05, 0) is 83.4 Å². The van der Waals surface area contributed by atoms with Gasteiger partial charge >= 0.3 is 0 Å². The zero-order valence-corrected chi connectivity index (χ0v) is 44.3. The highest BCUT2D eigenvalue weighted by Crippen LogP contribution is 2.24. The van der Waals surface area contributed by atoms with Crippen LogP contribution in [0, 0.1) is 17.8 Å². The first-order valence-corrected chi connectivity index (χ1v) is 25.0. The van der Waals surface area contributed by atoms with Crippen molar-refractivity contribution in [3.05, 3.63) is 0 Å². The molecule has 0 aliphatic carbocycles. The molecule has 67 heavy (non-hydrogen) atoms. The van der Waals surface area contributed by atoms with E-state index in [1.54, 1.807) is 20.9 Å². The van der Waals surface area contributed by atoms with E-state index in [9.17, 15) is 43.5 Å². The Morgan fingerprint density at radius 1 is 0.672 bits per heavy atom. The summed E-state index contributed by atoms with van der Waals surface area (Å²) in [5, 5.41) is 20.8. The van der Waals surface area contributed by atoms with E-state index in [0.29, 0.717) is 31.8 Å². The third-order valence-electron chi connectivity index (χ3n) is 11.8. The maximum Gasteiger partial charge on any atom is 0.256 e. The van der Waals surface area contributed by atoms with Crippen LogP contribution in [-0.4, -0.2) is 198 Å². The van der Waals surface area contributed by atoms with Crippen LogP contribution in [0.1, 0.15) is 115 Å². The van der Waals surface area contributed by atoms with E-state index in [0.717, 1.165) is 26.1 Å². The number of nitrogens with zero attached hydrogens (tertiary/aromatic N) is 5. The molecule has 8 amide bonds. The van der Waals surface area contributed by atoms with Crippen LogP contribution in [0.15, 0.2) is 0 Å². The molecular weight excluding hydrogens is 883 g/mol. The fraction of sp³-hybridized carbons (Fsp3) is 0.830. The monoisotopic (exact) mass is 970 g/mol. The zero-order valence-electron chi connectivity index (χ0n) is 43.5. The summed E-state index contributed by atoms with van der Waals surface area (Å²) >= 11 is 1.32. The van der Waals surface area contributed by atoms with Crippen molar-refractivity contribution >= 4 is 59.0 Å². The molecule has 0 unspecified atom stereocenters. The van der Waals surface area contributed by atoms with Crippen molar-refractivity contribution in [2.75, 3.05) is 73.8 Å². The third-order valence-corrected chi connectivity index (χ3v) is 13.2. The minimum absolute atomic E-state index is 0.0853. The second-order valence-corrected chi connectivity index (χ2v) is 20.9. The van der Waals surface area contributed by atoms with Crippen LogP contribution in [-0.2, 0) is 43.1 Å². The summed E-state index contributed by atoms with van der Waals surface area (Å²) in [6.07, 6.45) is 1.99. The first kappa shape index (κ1) is 61.0. The third kappa shape index (κ3) is 20.2. The average Bonchev–Trinajstić information content (AvgIpc) is 3.26. The van der Waals surface area contributed by atoms with Gasteiger partial charge < -0.3 is 50.7 Å². The fourth-order valence-electron chi connectivity index (χ4n) is 7.70. The van der Waals surface area contributed by atoms with Gasteiger partial charge in [0.15, 0.2) is 5.37 Å². The Hall–Kier alpha value is -4.01. The Morgan fingerprint density at radius 3 is 1.66 bits per heavy atom. The van der Waals surface area contributed by atoms with Crippen LogP contribution < -0.4 is 21.3 Å². The minimum atomic E-state index is -1.43. The number of amides is 8. The van der Waals surface area contributed by atoms with Crippen molar-refractivity contribution in [2.45, 2.75) is 162 Å². The maximum atomic E-state index is 14.4. The van der Waals surface area contributed by atoms with Gasteiger partial charge in [0.25, 0.3) is 5.91 Å². The lowest BCUT2D eigenvalue weighted by atomic mass is 9.95. The highest BCUT2D eigenvalue weighted by atomic mass is 32.2. The number of thioether (sulfide) groups is 1. The van der Waals surface area contributed by atoms with E-state index in [1.165, 1.54) is 87.2 Å². The lowest BCUT2D eigenvalue weighted by Crippen LogP contribution is -2.61. The van der Waals surface area contributed by atoms with Crippen molar-refractivity contribution in [1.29, 1.82) is 0 Å². The molecule has 386 valence electrons. The molecule has 0 radical (unpaired) electrons. The summed E-state index contributed by atoms with van der Waals surface area (Å²) in [6, 6.07) is -6.42. The normalized spacial score (nSPS) is 16.5. The van der Waals surface area contributed by atoms with E-state index in [-0.39, 0.29) is 42.9 Å². The van der Waals surface area contributed by atoms with E-state index in [1.807, 2.05) is 34.6 Å². The Balaban J connectivity index is 3.34. The maximum absolute atomic E-state index is 14.4. The van der Waals surface area contributed by atoms with Gasteiger partial charge in [-0.15, -0.1) is 11.8 Å². The number of aliphatic hydroxyl groups is 1. The molecule has 20 heteroatoms. The molecule has 1 rings (SSSR count). The molecule has 19 nitrogen and oxygen atoms in total. The van der Waals surface area contributed by atoms with Gasteiger partial charge in [-0.2, -0.15) is 0 Å². The summed E-state index contributed by atoms with van der Waals surface area (Å²) in [5.41, 5.74) is -1.43. The highest BCUT2D eigenvalue weighted by molar-refractivity contribution is 8.00. The highest BCUT2D eigenvalue weighted by Gasteiger charge is 2.41. The van der Waals surface area contributed by atoms with E-state index < -0.39 is 88.6 Å². The second-order valence-electron chi connectivity index (χ2n) is 19.8. The first-order valence-electron chi connectivity index (χ1n) is 23.9. The number of carbonyl (C=O) groups is 8. The first-order chi connectivity index (χ1) is 31.1. The number of likely N-dealkylation sites (N-methyl/N-ethyl adjacent to an activating group) is 5. The summed E-state index contributed by atoms with van der Waals surface area (Å²) in [4.78, 5) is 117. The largest absolute Gasteiger partial charge is 0.390 e. The molecular formula is C47H87N9O10S. The van der Waals surface area contributed by atoms with Crippen LogP contribution in [0.25, 0.3) is 0 Å². The van der Waals surface area contributed by atoms with Crippen molar-refractivity contribution in [3.63, 3.8) is 0 Å². The molecule has 0 spiro atoms. The van der Waals surface area contributed by atoms with E-state index in [2.05, 4.69) is 26.2 Å². The molecule has 5 N–H and O–H groups in total.